The maximum atomic E-state index is 14.4. The van der Waals surface area contributed by atoms with E-state index in [1.54, 1.807) is 24.3 Å². The Labute approximate surface area is 199 Å². The van der Waals surface area contributed by atoms with E-state index in [0.717, 1.165) is 12.1 Å². The zero-order chi connectivity index (χ0) is 23.6. The molecule has 7 nitrogen and oxygen atoms in total. The van der Waals surface area contributed by atoms with Gasteiger partial charge in [0.05, 0.1) is 16.6 Å². The minimum absolute atomic E-state index is 0.0611. The molecule has 11 heteroatoms. The van der Waals surface area contributed by atoms with Crippen LogP contribution in [0, 0.1) is 5.82 Å². The summed E-state index contributed by atoms with van der Waals surface area (Å²) < 4.78 is 53.4. The third-order valence-electron chi connectivity index (χ3n) is 4.73. The van der Waals surface area contributed by atoms with E-state index in [0.29, 0.717) is 22.2 Å². The largest absolute Gasteiger partial charge is 0.486 e. The first-order chi connectivity index (χ1) is 15.7. The molecule has 0 saturated carbocycles. The van der Waals surface area contributed by atoms with Crippen molar-refractivity contribution in [3.05, 3.63) is 82.1 Å². The first-order valence-electron chi connectivity index (χ1n) is 9.67. The number of hydrogen-bond donors (Lipinski definition) is 2. The molecule has 0 bridgehead atoms. The summed E-state index contributed by atoms with van der Waals surface area (Å²) >= 11 is 11.8. The lowest BCUT2D eigenvalue weighted by molar-refractivity contribution is 0.0943. The number of rotatable bonds is 6. The van der Waals surface area contributed by atoms with Gasteiger partial charge in [0, 0.05) is 11.3 Å². The Morgan fingerprint density at radius 1 is 1.03 bits per heavy atom. The number of para-hydroxylation sites is 2. The van der Waals surface area contributed by atoms with Gasteiger partial charge in [-0.2, -0.15) is 0 Å². The zero-order valence-corrected chi connectivity index (χ0v) is 19.2. The Balaban J connectivity index is 1.47. The molecular weight excluding hydrogens is 494 g/mol. The molecule has 0 fully saturated rings. The summed E-state index contributed by atoms with van der Waals surface area (Å²) in [6.45, 7) is -0.0378. The molecule has 3 aromatic rings. The number of hydrogen-bond acceptors (Lipinski definition) is 5. The number of amides is 1. The Morgan fingerprint density at radius 3 is 2.55 bits per heavy atom. The van der Waals surface area contributed by atoms with Crippen molar-refractivity contribution in [1.29, 1.82) is 0 Å². The maximum Gasteiger partial charge on any atom is 0.255 e. The van der Waals surface area contributed by atoms with Crippen LogP contribution < -0.4 is 19.5 Å². The average Bonchev–Trinajstić information content (AvgIpc) is 2.80. The maximum absolute atomic E-state index is 14.4. The number of nitrogens with one attached hydrogen (secondary N) is 2. The third kappa shape index (κ3) is 5.39. The summed E-state index contributed by atoms with van der Waals surface area (Å²) in [7, 11) is -4.29. The molecule has 0 unspecified atom stereocenters. The predicted octanol–water partition coefficient (Wildman–Crippen LogP) is 4.50. The van der Waals surface area contributed by atoms with Gasteiger partial charge in [0.1, 0.15) is 23.4 Å². The molecule has 1 aliphatic heterocycles. The third-order valence-corrected chi connectivity index (χ3v) is 6.91. The lowest BCUT2D eigenvalue weighted by Gasteiger charge is -2.26. The van der Waals surface area contributed by atoms with Crippen molar-refractivity contribution in [2.45, 2.75) is 11.0 Å². The Kier molecular flexibility index (Phi) is 6.76. The van der Waals surface area contributed by atoms with Gasteiger partial charge in [-0.3, -0.25) is 4.79 Å². The molecule has 1 amide bonds. The van der Waals surface area contributed by atoms with Crippen LogP contribution in [-0.2, 0) is 10.0 Å². The minimum Gasteiger partial charge on any atom is -0.486 e. The Hall–Kier alpha value is -2.85. The van der Waals surface area contributed by atoms with Crippen LogP contribution in [0.3, 0.4) is 0 Å². The van der Waals surface area contributed by atoms with Crippen LogP contribution in [0.25, 0.3) is 0 Å². The highest BCUT2D eigenvalue weighted by Crippen LogP contribution is 2.31. The number of carbonyl (C=O) groups is 1. The second-order valence-electron chi connectivity index (χ2n) is 7.08. The highest BCUT2D eigenvalue weighted by atomic mass is 35.5. The van der Waals surface area contributed by atoms with E-state index >= 15 is 0 Å². The lowest BCUT2D eigenvalue weighted by atomic mass is 10.2. The van der Waals surface area contributed by atoms with Crippen LogP contribution >= 0.6 is 23.2 Å². The lowest BCUT2D eigenvalue weighted by Crippen LogP contribution is -2.40. The van der Waals surface area contributed by atoms with E-state index in [1.807, 2.05) is 0 Å². The van der Waals surface area contributed by atoms with Gasteiger partial charge in [-0.05, 0) is 48.5 Å². The van der Waals surface area contributed by atoms with Crippen molar-refractivity contribution in [3.8, 4) is 11.5 Å². The van der Waals surface area contributed by atoms with Gasteiger partial charge in [0.2, 0.25) is 10.0 Å². The summed E-state index contributed by atoms with van der Waals surface area (Å²) in [5.41, 5.74) is 0.282. The van der Waals surface area contributed by atoms with Gasteiger partial charge >= 0.3 is 0 Å². The number of ether oxygens (including phenoxy) is 2. The minimum atomic E-state index is -4.29. The summed E-state index contributed by atoms with van der Waals surface area (Å²) in [4.78, 5) is 11.9. The number of sulfonamides is 1. The van der Waals surface area contributed by atoms with Crippen molar-refractivity contribution in [3.63, 3.8) is 0 Å². The molecule has 1 atom stereocenters. The van der Waals surface area contributed by atoms with Crippen molar-refractivity contribution >= 4 is 44.8 Å². The molecule has 0 aromatic heterocycles. The number of halogens is 3. The fourth-order valence-electron chi connectivity index (χ4n) is 3.07. The zero-order valence-electron chi connectivity index (χ0n) is 16.8. The van der Waals surface area contributed by atoms with Crippen molar-refractivity contribution in [1.82, 2.24) is 4.72 Å². The van der Waals surface area contributed by atoms with E-state index in [1.165, 1.54) is 24.3 Å². The van der Waals surface area contributed by atoms with E-state index in [-0.39, 0.29) is 23.7 Å². The van der Waals surface area contributed by atoms with Crippen molar-refractivity contribution in [2.75, 3.05) is 18.5 Å². The highest BCUT2D eigenvalue weighted by Gasteiger charge is 2.26. The molecule has 2 N–H and O–H groups in total. The van der Waals surface area contributed by atoms with Gasteiger partial charge < -0.3 is 14.8 Å². The van der Waals surface area contributed by atoms with Crippen LogP contribution in [0.15, 0.2) is 65.6 Å². The Morgan fingerprint density at radius 2 is 1.79 bits per heavy atom. The molecule has 1 aliphatic rings. The first kappa shape index (κ1) is 23.3. The van der Waals surface area contributed by atoms with Crippen LogP contribution in [-0.4, -0.2) is 33.6 Å². The monoisotopic (exact) mass is 510 g/mol. The molecule has 3 aromatic carbocycles. The van der Waals surface area contributed by atoms with E-state index in [4.69, 9.17) is 32.7 Å². The SMILES string of the molecule is O=C(Nc1ccc(Cl)c(Cl)c1)c1ccc(F)c(S(=O)(=O)NC[C@H]2COc3ccccc3O2)c1. The molecule has 0 aliphatic carbocycles. The topological polar surface area (TPSA) is 93.7 Å². The average molecular weight is 511 g/mol. The molecule has 4 rings (SSSR count). The van der Waals surface area contributed by atoms with Crippen LogP contribution in [0.1, 0.15) is 10.4 Å². The van der Waals surface area contributed by atoms with Crippen LogP contribution in [0.2, 0.25) is 10.0 Å². The molecule has 0 saturated heterocycles. The molecule has 1 heterocycles. The van der Waals surface area contributed by atoms with Gasteiger partial charge in [0.25, 0.3) is 5.91 Å². The molecule has 0 radical (unpaired) electrons. The predicted molar refractivity (Wildman–Crippen MR) is 122 cm³/mol. The smallest absolute Gasteiger partial charge is 0.255 e. The number of fused-ring (bicyclic) bond motifs is 1. The summed E-state index contributed by atoms with van der Waals surface area (Å²) in [5, 5.41) is 3.11. The quantitative estimate of drug-likeness (QED) is 0.509. The number of benzene rings is 3. The summed E-state index contributed by atoms with van der Waals surface area (Å²) in [5.74, 6) is -0.603. The molecule has 0 spiro atoms. The standard InChI is InChI=1S/C22H17Cl2FN2O5S/c23-16-7-6-14(10-17(16)24)27-22(28)13-5-8-18(25)21(9-13)33(29,30)26-11-15-12-31-19-3-1-2-4-20(19)32-15/h1-10,15,26H,11-12H2,(H,27,28)/t15-/m0/s1. The van der Waals surface area contributed by atoms with Crippen molar-refractivity contribution in [2.24, 2.45) is 0 Å². The normalized spacial score (nSPS) is 15.2. The number of carbonyl (C=O) groups excluding carboxylic acids is 1. The van der Waals surface area contributed by atoms with E-state index in [9.17, 15) is 17.6 Å². The fraction of sp³-hybridized carbons (Fsp3) is 0.136. The summed E-state index contributed by atoms with van der Waals surface area (Å²) in [6, 6.07) is 14.5. The molecule has 33 heavy (non-hydrogen) atoms. The second kappa shape index (κ2) is 9.56. The molecular formula is C22H17Cl2FN2O5S. The van der Waals surface area contributed by atoms with Gasteiger partial charge in [-0.25, -0.2) is 17.5 Å². The number of anilines is 1. The second-order valence-corrected chi connectivity index (χ2v) is 9.63. The van der Waals surface area contributed by atoms with Gasteiger partial charge in [-0.1, -0.05) is 35.3 Å². The van der Waals surface area contributed by atoms with Crippen molar-refractivity contribution < 1.29 is 27.1 Å². The molecule has 172 valence electrons. The first-order valence-corrected chi connectivity index (χ1v) is 11.9. The van der Waals surface area contributed by atoms with Crippen LogP contribution in [0.4, 0.5) is 10.1 Å². The van der Waals surface area contributed by atoms with E-state index in [2.05, 4.69) is 10.0 Å². The van der Waals surface area contributed by atoms with Gasteiger partial charge in [0.15, 0.2) is 11.5 Å². The van der Waals surface area contributed by atoms with E-state index < -0.39 is 32.7 Å². The fourth-order valence-corrected chi connectivity index (χ4v) is 4.54. The Bertz CT molecular complexity index is 1320. The van der Waals surface area contributed by atoms with Gasteiger partial charge in [-0.15, -0.1) is 0 Å². The van der Waals surface area contributed by atoms with Crippen LogP contribution in [0.5, 0.6) is 11.5 Å². The summed E-state index contributed by atoms with van der Waals surface area (Å²) in [6.07, 6.45) is -0.612. The highest BCUT2D eigenvalue weighted by molar-refractivity contribution is 7.89.